The van der Waals surface area contributed by atoms with Crippen molar-refractivity contribution in [2.75, 3.05) is 5.32 Å². The molecule has 0 unspecified atom stereocenters. The van der Waals surface area contributed by atoms with Crippen LogP contribution in [0.25, 0.3) is 0 Å². The highest BCUT2D eigenvalue weighted by Crippen LogP contribution is 2.12. The fourth-order valence-electron chi connectivity index (χ4n) is 1.19. The number of hydrogen-bond donors (Lipinski definition) is 1. The van der Waals surface area contributed by atoms with E-state index in [1.165, 1.54) is 11.3 Å². The third-order valence-corrected chi connectivity index (χ3v) is 2.71. The zero-order valence-electron chi connectivity index (χ0n) is 8.23. The van der Waals surface area contributed by atoms with E-state index >= 15 is 0 Å². The number of nitrogens with one attached hydrogen (secondary N) is 1. The zero-order valence-corrected chi connectivity index (χ0v) is 9.04. The molecule has 15 heavy (non-hydrogen) atoms. The second-order valence-electron chi connectivity index (χ2n) is 3.14. The minimum Gasteiger partial charge on any atom is -0.306 e. The molecule has 3 nitrogen and oxygen atoms in total. The first kappa shape index (κ1) is 9.86. The van der Waals surface area contributed by atoms with Crippen molar-refractivity contribution in [2.24, 2.45) is 0 Å². The van der Waals surface area contributed by atoms with E-state index < -0.39 is 0 Å². The van der Waals surface area contributed by atoms with Gasteiger partial charge in [-0.05, 0) is 30.0 Å². The van der Waals surface area contributed by atoms with E-state index in [4.69, 9.17) is 0 Å². The van der Waals surface area contributed by atoms with Crippen LogP contribution in [0.5, 0.6) is 0 Å². The average molecular weight is 218 g/mol. The number of anilines is 1. The molecule has 0 saturated carbocycles. The fraction of sp³-hybridized carbons (Fsp3) is 0.0909. The number of amides is 1. The van der Waals surface area contributed by atoms with Crippen LogP contribution in [-0.4, -0.2) is 10.9 Å². The van der Waals surface area contributed by atoms with Gasteiger partial charge in [-0.3, -0.25) is 4.79 Å². The van der Waals surface area contributed by atoms with Crippen molar-refractivity contribution in [1.82, 2.24) is 4.98 Å². The summed E-state index contributed by atoms with van der Waals surface area (Å²) in [5.41, 5.74) is 1.63. The van der Waals surface area contributed by atoms with Gasteiger partial charge in [-0.2, -0.15) is 11.3 Å². The summed E-state index contributed by atoms with van der Waals surface area (Å²) in [5, 5.41) is 6.46. The lowest BCUT2D eigenvalue weighted by Crippen LogP contribution is -2.12. The standard InChI is InChI=1S/C11H10N2OS/c1-8-3-2-5-12-10(8)13-11(14)9-4-6-15-7-9/h2-7H,1H3,(H,12,13,14). The highest BCUT2D eigenvalue weighted by Gasteiger charge is 2.07. The van der Waals surface area contributed by atoms with E-state index in [0.717, 1.165) is 5.56 Å². The Balaban J connectivity index is 2.17. The van der Waals surface area contributed by atoms with Crippen molar-refractivity contribution in [1.29, 1.82) is 0 Å². The molecule has 2 aromatic heterocycles. The number of nitrogens with zero attached hydrogens (tertiary/aromatic N) is 1. The summed E-state index contributed by atoms with van der Waals surface area (Å²) < 4.78 is 0. The molecule has 1 N–H and O–H groups in total. The number of aryl methyl sites for hydroxylation is 1. The highest BCUT2D eigenvalue weighted by molar-refractivity contribution is 7.08. The number of aromatic nitrogens is 1. The van der Waals surface area contributed by atoms with E-state index in [1.54, 1.807) is 12.3 Å². The van der Waals surface area contributed by atoms with Gasteiger partial charge in [0.2, 0.25) is 0 Å². The van der Waals surface area contributed by atoms with Crippen molar-refractivity contribution in [2.45, 2.75) is 6.92 Å². The summed E-state index contributed by atoms with van der Waals surface area (Å²) in [5.74, 6) is 0.506. The smallest absolute Gasteiger partial charge is 0.257 e. The van der Waals surface area contributed by atoms with E-state index in [-0.39, 0.29) is 5.91 Å². The lowest BCUT2D eigenvalue weighted by molar-refractivity contribution is 0.102. The first-order chi connectivity index (χ1) is 7.27. The van der Waals surface area contributed by atoms with Gasteiger partial charge < -0.3 is 5.32 Å². The van der Waals surface area contributed by atoms with Crippen LogP contribution in [0.15, 0.2) is 35.2 Å². The number of pyridine rings is 1. The topological polar surface area (TPSA) is 42.0 Å². The Morgan fingerprint density at radius 1 is 1.47 bits per heavy atom. The summed E-state index contributed by atoms with van der Waals surface area (Å²) >= 11 is 1.50. The van der Waals surface area contributed by atoms with Crippen molar-refractivity contribution < 1.29 is 4.79 Å². The largest absolute Gasteiger partial charge is 0.306 e. The predicted octanol–water partition coefficient (Wildman–Crippen LogP) is 2.70. The predicted molar refractivity (Wildman–Crippen MR) is 61.2 cm³/mol. The van der Waals surface area contributed by atoms with Gasteiger partial charge in [-0.15, -0.1) is 0 Å². The molecule has 0 aliphatic carbocycles. The Morgan fingerprint density at radius 2 is 2.33 bits per heavy atom. The van der Waals surface area contributed by atoms with Crippen molar-refractivity contribution >= 4 is 23.1 Å². The zero-order chi connectivity index (χ0) is 10.7. The molecule has 0 aromatic carbocycles. The van der Waals surface area contributed by atoms with Crippen LogP contribution in [0.3, 0.4) is 0 Å². The van der Waals surface area contributed by atoms with Crippen LogP contribution >= 0.6 is 11.3 Å². The summed E-state index contributed by atoms with van der Waals surface area (Å²) in [4.78, 5) is 15.8. The molecule has 1 amide bonds. The van der Waals surface area contributed by atoms with Crippen molar-refractivity contribution in [3.8, 4) is 0 Å². The average Bonchev–Trinajstić information content (AvgIpc) is 2.74. The lowest BCUT2D eigenvalue weighted by atomic mass is 10.2. The molecule has 0 spiro atoms. The van der Waals surface area contributed by atoms with Crippen LogP contribution < -0.4 is 5.32 Å². The Morgan fingerprint density at radius 3 is 3.00 bits per heavy atom. The van der Waals surface area contributed by atoms with Gasteiger partial charge in [-0.1, -0.05) is 6.07 Å². The molecule has 2 aromatic rings. The maximum Gasteiger partial charge on any atom is 0.257 e. The molecule has 0 fully saturated rings. The molecule has 76 valence electrons. The van der Waals surface area contributed by atoms with Crippen LogP contribution in [0.2, 0.25) is 0 Å². The van der Waals surface area contributed by atoms with Crippen LogP contribution in [0.4, 0.5) is 5.82 Å². The monoisotopic (exact) mass is 218 g/mol. The minimum absolute atomic E-state index is 0.113. The van der Waals surface area contributed by atoms with Crippen molar-refractivity contribution in [3.63, 3.8) is 0 Å². The van der Waals surface area contributed by atoms with Gasteiger partial charge in [0.15, 0.2) is 0 Å². The summed E-state index contributed by atoms with van der Waals surface area (Å²) in [6.45, 7) is 1.91. The SMILES string of the molecule is Cc1cccnc1NC(=O)c1ccsc1. The van der Waals surface area contributed by atoms with Crippen LogP contribution in [0, 0.1) is 6.92 Å². The Hall–Kier alpha value is -1.68. The lowest BCUT2D eigenvalue weighted by Gasteiger charge is -2.04. The quantitative estimate of drug-likeness (QED) is 0.842. The molecule has 4 heteroatoms. The molecule has 0 radical (unpaired) electrons. The summed E-state index contributed by atoms with van der Waals surface area (Å²) in [7, 11) is 0. The molecular weight excluding hydrogens is 208 g/mol. The molecule has 2 rings (SSSR count). The first-order valence-corrected chi connectivity index (χ1v) is 5.47. The third-order valence-electron chi connectivity index (χ3n) is 2.02. The Kier molecular flexibility index (Phi) is 2.78. The van der Waals surface area contributed by atoms with E-state index in [9.17, 15) is 4.79 Å². The molecular formula is C11H10N2OS. The number of rotatable bonds is 2. The van der Waals surface area contributed by atoms with Gasteiger partial charge in [0.25, 0.3) is 5.91 Å². The molecule has 0 bridgehead atoms. The normalized spacial score (nSPS) is 9.93. The van der Waals surface area contributed by atoms with E-state index in [2.05, 4.69) is 10.3 Å². The maximum atomic E-state index is 11.7. The van der Waals surface area contributed by atoms with Crippen LogP contribution in [0.1, 0.15) is 15.9 Å². The van der Waals surface area contributed by atoms with E-state index in [0.29, 0.717) is 11.4 Å². The first-order valence-electron chi connectivity index (χ1n) is 4.52. The molecule has 0 aliphatic rings. The third kappa shape index (κ3) is 2.22. The fourth-order valence-corrected chi connectivity index (χ4v) is 1.83. The second kappa shape index (κ2) is 4.23. The molecule has 0 saturated heterocycles. The summed E-state index contributed by atoms with van der Waals surface area (Å²) in [6, 6.07) is 5.55. The Bertz CT molecular complexity index is 465. The van der Waals surface area contributed by atoms with Gasteiger partial charge in [0.1, 0.15) is 5.82 Å². The van der Waals surface area contributed by atoms with Crippen molar-refractivity contribution in [3.05, 3.63) is 46.3 Å². The molecule has 0 atom stereocenters. The van der Waals surface area contributed by atoms with E-state index in [1.807, 2.05) is 29.8 Å². The van der Waals surface area contributed by atoms with Gasteiger partial charge >= 0.3 is 0 Å². The Labute approximate surface area is 91.8 Å². The summed E-state index contributed by atoms with van der Waals surface area (Å²) in [6.07, 6.45) is 1.66. The number of hydrogen-bond acceptors (Lipinski definition) is 3. The minimum atomic E-state index is -0.113. The van der Waals surface area contributed by atoms with Gasteiger partial charge in [0, 0.05) is 11.6 Å². The van der Waals surface area contributed by atoms with Crippen LogP contribution in [-0.2, 0) is 0 Å². The number of carbonyl (C=O) groups excluding carboxylic acids is 1. The molecule has 0 aliphatic heterocycles. The number of thiophene rings is 1. The van der Waals surface area contributed by atoms with Gasteiger partial charge in [0.05, 0.1) is 5.56 Å². The number of carbonyl (C=O) groups is 1. The molecule has 2 heterocycles. The second-order valence-corrected chi connectivity index (χ2v) is 3.92. The van der Waals surface area contributed by atoms with Gasteiger partial charge in [-0.25, -0.2) is 4.98 Å². The maximum absolute atomic E-state index is 11.7. The highest BCUT2D eigenvalue weighted by atomic mass is 32.1.